The van der Waals surface area contributed by atoms with E-state index < -0.39 is 5.82 Å². The lowest BCUT2D eigenvalue weighted by molar-refractivity contribution is -0.132. The predicted octanol–water partition coefficient (Wildman–Crippen LogP) is 4.70. The number of hydrogen-bond acceptors (Lipinski definition) is 4. The van der Waals surface area contributed by atoms with Crippen molar-refractivity contribution in [3.05, 3.63) is 76.0 Å². The van der Waals surface area contributed by atoms with Crippen LogP contribution < -0.4 is 0 Å². The van der Waals surface area contributed by atoms with Gasteiger partial charge in [0.15, 0.2) is 11.7 Å². The fourth-order valence-corrected chi connectivity index (χ4v) is 4.05. The number of piperazine rings is 1. The second-order valence-corrected chi connectivity index (χ2v) is 8.21. The number of oxazole rings is 1. The molecule has 0 unspecified atom stereocenters. The second-order valence-electron chi connectivity index (χ2n) is 7.40. The van der Waals surface area contributed by atoms with Crippen LogP contribution in [0.25, 0.3) is 11.3 Å². The summed E-state index contributed by atoms with van der Waals surface area (Å²) in [6, 6.07) is 11.0. The summed E-state index contributed by atoms with van der Waals surface area (Å²) in [6.45, 7) is 1.60. The van der Waals surface area contributed by atoms with Crippen molar-refractivity contribution in [1.82, 2.24) is 14.8 Å². The summed E-state index contributed by atoms with van der Waals surface area (Å²) in [7, 11) is 0. The maximum absolute atomic E-state index is 13.2. The van der Waals surface area contributed by atoms with Crippen molar-refractivity contribution >= 4 is 35.0 Å². The number of carbonyl (C=O) groups excluding carboxylic acids is 2. The third kappa shape index (κ3) is 4.95. The van der Waals surface area contributed by atoms with Gasteiger partial charge in [-0.3, -0.25) is 9.59 Å². The quantitative estimate of drug-likeness (QED) is 0.536. The lowest BCUT2D eigenvalue weighted by atomic mass is 10.1. The topological polar surface area (TPSA) is 66.7 Å². The Labute approximate surface area is 194 Å². The van der Waals surface area contributed by atoms with Gasteiger partial charge in [-0.1, -0.05) is 35.3 Å². The normalized spacial score (nSPS) is 14.0. The van der Waals surface area contributed by atoms with Crippen LogP contribution >= 0.6 is 23.2 Å². The molecule has 0 atom stereocenters. The molecule has 0 radical (unpaired) electrons. The van der Waals surface area contributed by atoms with Gasteiger partial charge in [0.05, 0.1) is 21.8 Å². The van der Waals surface area contributed by atoms with Gasteiger partial charge in [-0.15, -0.1) is 0 Å². The first-order chi connectivity index (χ1) is 15.4. The molecular formula is C23H20Cl2FN3O3. The molecule has 6 nitrogen and oxygen atoms in total. The molecule has 2 amide bonds. The first-order valence-corrected chi connectivity index (χ1v) is 10.9. The molecule has 1 saturated heterocycles. The van der Waals surface area contributed by atoms with Crippen molar-refractivity contribution in [3.8, 4) is 11.3 Å². The van der Waals surface area contributed by atoms with Crippen LogP contribution in [0.1, 0.15) is 22.7 Å². The van der Waals surface area contributed by atoms with Gasteiger partial charge in [-0.25, -0.2) is 9.37 Å². The van der Waals surface area contributed by atoms with E-state index in [4.69, 9.17) is 27.6 Å². The Morgan fingerprint density at radius 2 is 1.72 bits per heavy atom. The molecule has 0 aliphatic carbocycles. The van der Waals surface area contributed by atoms with E-state index in [2.05, 4.69) is 4.98 Å². The SMILES string of the molecule is O=C(CCc1ncc(-c2ccccc2Cl)o1)N1CCN(C(=O)c2ccc(F)cc2Cl)CC1. The van der Waals surface area contributed by atoms with Crippen LogP contribution in [0.15, 0.2) is 53.1 Å². The van der Waals surface area contributed by atoms with Crippen LogP contribution in [0, 0.1) is 5.82 Å². The molecule has 32 heavy (non-hydrogen) atoms. The van der Waals surface area contributed by atoms with E-state index in [1.54, 1.807) is 22.1 Å². The first kappa shape index (κ1) is 22.3. The largest absolute Gasteiger partial charge is 0.441 e. The smallest absolute Gasteiger partial charge is 0.255 e. The fourth-order valence-electron chi connectivity index (χ4n) is 3.58. The standard InChI is InChI=1S/C23H20Cl2FN3O3/c24-18-4-2-1-3-16(18)20-14-27-21(32-20)7-8-22(30)28-9-11-29(12-10-28)23(31)17-6-5-15(26)13-19(17)25/h1-6,13-14H,7-12H2. The number of halogens is 3. The van der Waals surface area contributed by atoms with Crippen LogP contribution in [0.5, 0.6) is 0 Å². The number of amides is 2. The number of rotatable bonds is 5. The number of hydrogen-bond donors (Lipinski definition) is 0. The van der Waals surface area contributed by atoms with Crippen LogP contribution in [-0.4, -0.2) is 52.8 Å². The lowest BCUT2D eigenvalue weighted by Gasteiger charge is -2.35. The highest BCUT2D eigenvalue weighted by atomic mass is 35.5. The van der Waals surface area contributed by atoms with Crippen molar-refractivity contribution < 1.29 is 18.4 Å². The number of benzene rings is 2. The molecule has 166 valence electrons. The Kier molecular flexibility index (Phi) is 6.77. The average molecular weight is 476 g/mol. The lowest BCUT2D eigenvalue weighted by Crippen LogP contribution is -2.50. The summed E-state index contributed by atoms with van der Waals surface area (Å²) < 4.78 is 19.0. The fraction of sp³-hybridized carbons (Fsp3) is 0.261. The minimum Gasteiger partial charge on any atom is -0.441 e. The molecule has 2 heterocycles. The zero-order chi connectivity index (χ0) is 22.7. The minimum absolute atomic E-state index is 0.0330. The van der Waals surface area contributed by atoms with E-state index >= 15 is 0 Å². The molecule has 0 saturated carbocycles. The third-order valence-electron chi connectivity index (χ3n) is 5.33. The number of aromatic nitrogens is 1. The van der Waals surface area contributed by atoms with Crippen molar-refractivity contribution in [2.24, 2.45) is 0 Å². The summed E-state index contributed by atoms with van der Waals surface area (Å²) in [5, 5.41) is 0.649. The Hall–Kier alpha value is -2.90. The molecule has 1 aromatic heterocycles. The van der Waals surface area contributed by atoms with E-state index in [-0.39, 0.29) is 28.8 Å². The van der Waals surface area contributed by atoms with Crippen LogP contribution in [0.2, 0.25) is 10.0 Å². The summed E-state index contributed by atoms with van der Waals surface area (Å²) in [5.41, 5.74) is 1.01. The molecule has 0 bridgehead atoms. The van der Waals surface area contributed by atoms with Crippen LogP contribution in [0.4, 0.5) is 4.39 Å². The molecule has 4 rings (SSSR count). The molecule has 1 aliphatic heterocycles. The third-order valence-corrected chi connectivity index (χ3v) is 5.97. The number of nitrogens with zero attached hydrogens (tertiary/aromatic N) is 3. The monoisotopic (exact) mass is 475 g/mol. The maximum Gasteiger partial charge on any atom is 0.255 e. The van der Waals surface area contributed by atoms with Crippen LogP contribution in [0.3, 0.4) is 0 Å². The Morgan fingerprint density at radius 1 is 1.00 bits per heavy atom. The van der Waals surface area contributed by atoms with Crippen molar-refractivity contribution in [2.75, 3.05) is 26.2 Å². The molecule has 1 aliphatic rings. The van der Waals surface area contributed by atoms with Gasteiger partial charge in [0, 0.05) is 44.6 Å². The Balaban J connectivity index is 1.29. The van der Waals surface area contributed by atoms with Crippen LogP contribution in [-0.2, 0) is 11.2 Å². The molecule has 9 heteroatoms. The highest BCUT2D eigenvalue weighted by Crippen LogP contribution is 2.28. The summed E-state index contributed by atoms with van der Waals surface area (Å²) >= 11 is 12.2. The van der Waals surface area contributed by atoms with Gasteiger partial charge < -0.3 is 14.2 Å². The van der Waals surface area contributed by atoms with Gasteiger partial charge in [0.2, 0.25) is 5.91 Å². The molecular weight excluding hydrogens is 456 g/mol. The maximum atomic E-state index is 13.2. The van der Waals surface area contributed by atoms with E-state index in [1.165, 1.54) is 12.1 Å². The van der Waals surface area contributed by atoms with E-state index in [0.29, 0.717) is 49.3 Å². The van der Waals surface area contributed by atoms with Crippen molar-refractivity contribution in [1.29, 1.82) is 0 Å². The van der Waals surface area contributed by atoms with E-state index in [1.807, 2.05) is 18.2 Å². The summed E-state index contributed by atoms with van der Waals surface area (Å²) in [5.74, 6) is 0.230. The molecule has 1 fully saturated rings. The zero-order valence-corrected chi connectivity index (χ0v) is 18.6. The average Bonchev–Trinajstić information content (AvgIpc) is 3.26. The van der Waals surface area contributed by atoms with Gasteiger partial charge in [-0.05, 0) is 30.3 Å². The number of carbonyl (C=O) groups is 2. The Bertz CT molecular complexity index is 1140. The van der Waals surface area contributed by atoms with Gasteiger partial charge in [0.25, 0.3) is 5.91 Å². The molecule has 0 N–H and O–H groups in total. The minimum atomic E-state index is -0.494. The molecule has 3 aromatic rings. The zero-order valence-electron chi connectivity index (χ0n) is 17.1. The predicted molar refractivity (Wildman–Crippen MR) is 119 cm³/mol. The second kappa shape index (κ2) is 9.71. The van der Waals surface area contributed by atoms with E-state index in [0.717, 1.165) is 11.6 Å². The van der Waals surface area contributed by atoms with Gasteiger partial charge in [-0.2, -0.15) is 0 Å². The summed E-state index contributed by atoms with van der Waals surface area (Å²) in [6.07, 6.45) is 2.22. The van der Waals surface area contributed by atoms with Crippen molar-refractivity contribution in [3.63, 3.8) is 0 Å². The number of aryl methyl sites for hydroxylation is 1. The van der Waals surface area contributed by atoms with Gasteiger partial charge in [0.1, 0.15) is 5.82 Å². The van der Waals surface area contributed by atoms with Crippen molar-refractivity contribution in [2.45, 2.75) is 12.8 Å². The molecule has 0 spiro atoms. The van der Waals surface area contributed by atoms with Gasteiger partial charge >= 0.3 is 0 Å². The highest BCUT2D eigenvalue weighted by Gasteiger charge is 2.26. The van der Waals surface area contributed by atoms with E-state index in [9.17, 15) is 14.0 Å². The Morgan fingerprint density at radius 3 is 2.44 bits per heavy atom. The summed E-state index contributed by atoms with van der Waals surface area (Å²) in [4.78, 5) is 32.8. The highest BCUT2D eigenvalue weighted by molar-refractivity contribution is 6.34. The molecule has 2 aromatic carbocycles. The first-order valence-electron chi connectivity index (χ1n) is 10.1.